The van der Waals surface area contributed by atoms with E-state index in [9.17, 15) is 18.3 Å². The minimum absolute atomic E-state index is 0. The van der Waals surface area contributed by atoms with E-state index >= 15 is 0 Å². The fraction of sp³-hybridized carbons (Fsp3) is 0.406. The summed E-state index contributed by atoms with van der Waals surface area (Å²) >= 11 is 0. The maximum atomic E-state index is 13.0. The molecule has 12 heteroatoms. The number of aliphatic hydroxyl groups is 2. The Kier molecular flexibility index (Phi) is 16.0. The number of anilines is 1. The third-order valence-electron chi connectivity index (χ3n) is 7.31. The Morgan fingerprint density at radius 1 is 0.932 bits per heavy atom. The highest BCUT2D eigenvalue weighted by atomic mass is 35.5. The zero-order valence-corrected chi connectivity index (χ0v) is 27.1. The maximum absolute atomic E-state index is 13.0. The van der Waals surface area contributed by atoms with Crippen LogP contribution in [0.2, 0.25) is 0 Å². The van der Waals surface area contributed by atoms with Crippen LogP contribution in [0.3, 0.4) is 0 Å². The quantitative estimate of drug-likeness (QED) is 0.142. The SMILES string of the molecule is Cl.Cl.O=C(NS(=O)(=O)CCCO)c1ccc(-c2ccc(OCCNC[C@H](O)c3ccccc3)cc2)cc1NC1CCCCC1. The molecule has 1 amide bonds. The molecule has 0 spiro atoms. The summed E-state index contributed by atoms with van der Waals surface area (Å²) in [4.78, 5) is 13.0. The largest absolute Gasteiger partial charge is 0.492 e. The lowest BCUT2D eigenvalue weighted by Crippen LogP contribution is -2.34. The highest BCUT2D eigenvalue weighted by Gasteiger charge is 2.21. The summed E-state index contributed by atoms with van der Waals surface area (Å²) in [5.74, 6) is -0.293. The Morgan fingerprint density at radius 3 is 2.30 bits per heavy atom. The molecule has 0 radical (unpaired) electrons. The molecular formula is C32H43Cl2N3O6S. The first-order chi connectivity index (χ1) is 20.3. The number of halogens is 2. The fourth-order valence-electron chi connectivity index (χ4n) is 5.03. The summed E-state index contributed by atoms with van der Waals surface area (Å²) in [5, 5.41) is 25.9. The van der Waals surface area contributed by atoms with Crippen LogP contribution < -0.4 is 20.1 Å². The zero-order valence-electron chi connectivity index (χ0n) is 24.6. The molecule has 1 aliphatic carbocycles. The van der Waals surface area contributed by atoms with Gasteiger partial charge in [-0.15, -0.1) is 24.8 Å². The van der Waals surface area contributed by atoms with Crippen molar-refractivity contribution in [3.63, 3.8) is 0 Å². The standard InChI is InChI=1S/C32H41N3O6S.2ClH/c36-19-7-21-42(39,40)35-32(38)29-17-14-26(22-30(29)34-27-10-5-2-6-11-27)24-12-15-28(16-13-24)41-20-18-33-23-31(37)25-8-3-1-4-9-25;;/h1,3-4,8-9,12-17,22,27,31,33-34,36-37H,2,5-7,10-11,18-21,23H2,(H,35,38);2*1H/t31-;;/m0../s1. The van der Waals surface area contributed by atoms with Gasteiger partial charge in [0.2, 0.25) is 10.0 Å². The van der Waals surface area contributed by atoms with Gasteiger partial charge < -0.3 is 25.6 Å². The van der Waals surface area contributed by atoms with Gasteiger partial charge in [-0.05, 0) is 60.2 Å². The molecule has 3 aromatic rings. The lowest BCUT2D eigenvalue weighted by atomic mass is 9.94. The number of amides is 1. The van der Waals surface area contributed by atoms with Crippen LogP contribution in [-0.4, -0.2) is 62.6 Å². The van der Waals surface area contributed by atoms with Crippen LogP contribution in [-0.2, 0) is 10.0 Å². The van der Waals surface area contributed by atoms with Gasteiger partial charge in [0.1, 0.15) is 12.4 Å². The Morgan fingerprint density at radius 2 is 1.61 bits per heavy atom. The molecule has 1 fully saturated rings. The highest BCUT2D eigenvalue weighted by Crippen LogP contribution is 2.30. The van der Waals surface area contributed by atoms with Crippen molar-refractivity contribution in [1.82, 2.24) is 10.0 Å². The highest BCUT2D eigenvalue weighted by molar-refractivity contribution is 7.90. The topological polar surface area (TPSA) is 137 Å². The second-order valence-electron chi connectivity index (χ2n) is 10.6. The third kappa shape index (κ3) is 11.6. The molecule has 0 unspecified atom stereocenters. The van der Waals surface area contributed by atoms with Gasteiger partial charge in [-0.1, -0.05) is 67.8 Å². The van der Waals surface area contributed by atoms with E-state index in [-0.39, 0.29) is 55.2 Å². The number of carbonyl (C=O) groups excluding carboxylic acids is 1. The number of nitrogens with one attached hydrogen (secondary N) is 3. The van der Waals surface area contributed by atoms with Gasteiger partial charge in [0.05, 0.1) is 17.4 Å². The van der Waals surface area contributed by atoms with Crippen LogP contribution in [0.4, 0.5) is 5.69 Å². The summed E-state index contributed by atoms with van der Waals surface area (Å²) < 4.78 is 32.6. The van der Waals surface area contributed by atoms with Crippen LogP contribution in [0.15, 0.2) is 72.8 Å². The van der Waals surface area contributed by atoms with E-state index < -0.39 is 22.0 Å². The first-order valence-corrected chi connectivity index (χ1v) is 16.2. The first kappa shape index (κ1) is 37.3. The Bertz CT molecular complexity index is 1390. The van der Waals surface area contributed by atoms with Gasteiger partial charge in [-0.2, -0.15) is 0 Å². The molecule has 1 atom stereocenters. The number of ether oxygens (including phenoxy) is 1. The molecule has 0 aromatic heterocycles. The summed E-state index contributed by atoms with van der Waals surface area (Å²) in [6.45, 7) is 1.20. The molecule has 3 aromatic carbocycles. The van der Waals surface area contributed by atoms with Crippen molar-refractivity contribution in [2.75, 3.05) is 37.4 Å². The Balaban J connectivity index is 0.00000337. The van der Waals surface area contributed by atoms with Gasteiger partial charge in [0.25, 0.3) is 5.91 Å². The van der Waals surface area contributed by atoms with Gasteiger partial charge >= 0.3 is 0 Å². The van der Waals surface area contributed by atoms with E-state index in [1.54, 1.807) is 12.1 Å². The predicted molar refractivity (Wildman–Crippen MR) is 180 cm³/mol. The van der Waals surface area contributed by atoms with E-state index in [1.807, 2.05) is 60.7 Å². The van der Waals surface area contributed by atoms with Crippen molar-refractivity contribution < 1.29 is 28.2 Å². The van der Waals surface area contributed by atoms with Gasteiger partial charge in [0.15, 0.2) is 0 Å². The van der Waals surface area contributed by atoms with E-state index in [0.29, 0.717) is 31.1 Å². The lowest BCUT2D eigenvalue weighted by molar-refractivity contribution is 0.0982. The lowest BCUT2D eigenvalue weighted by Gasteiger charge is -2.25. The zero-order chi connectivity index (χ0) is 29.8. The average molecular weight is 669 g/mol. The molecule has 5 N–H and O–H groups in total. The fourth-order valence-corrected chi connectivity index (χ4v) is 6.03. The third-order valence-corrected chi connectivity index (χ3v) is 8.63. The molecule has 44 heavy (non-hydrogen) atoms. The second kappa shape index (κ2) is 18.8. The predicted octanol–water partition coefficient (Wildman–Crippen LogP) is 5.09. The van der Waals surface area contributed by atoms with Crippen molar-refractivity contribution in [3.8, 4) is 16.9 Å². The van der Waals surface area contributed by atoms with Crippen molar-refractivity contribution in [3.05, 3.63) is 83.9 Å². The van der Waals surface area contributed by atoms with Crippen LogP contribution >= 0.6 is 24.8 Å². The second-order valence-corrected chi connectivity index (χ2v) is 12.4. The van der Waals surface area contributed by atoms with Crippen LogP contribution in [0.1, 0.15) is 60.6 Å². The Hall–Kier alpha value is -2.86. The molecule has 1 saturated carbocycles. The number of hydrogen-bond donors (Lipinski definition) is 5. The number of carbonyl (C=O) groups is 1. The number of benzene rings is 3. The van der Waals surface area contributed by atoms with E-state index in [1.165, 1.54) is 6.42 Å². The van der Waals surface area contributed by atoms with Crippen molar-refractivity contribution >= 4 is 46.4 Å². The van der Waals surface area contributed by atoms with Crippen molar-refractivity contribution in [2.24, 2.45) is 0 Å². The van der Waals surface area contributed by atoms with Crippen LogP contribution in [0.25, 0.3) is 11.1 Å². The molecule has 0 aliphatic heterocycles. The van der Waals surface area contributed by atoms with Gasteiger partial charge in [-0.3, -0.25) is 4.79 Å². The summed E-state index contributed by atoms with van der Waals surface area (Å²) in [6, 6.07) is 22.7. The summed E-state index contributed by atoms with van der Waals surface area (Å²) in [5.41, 5.74) is 3.55. The average Bonchev–Trinajstić information content (AvgIpc) is 3.01. The van der Waals surface area contributed by atoms with E-state index in [0.717, 1.165) is 42.4 Å². The molecule has 1 aliphatic rings. The van der Waals surface area contributed by atoms with Gasteiger partial charge in [0, 0.05) is 31.4 Å². The van der Waals surface area contributed by atoms with E-state index in [4.69, 9.17) is 9.84 Å². The number of sulfonamides is 1. The van der Waals surface area contributed by atoms with Crippen LogP contribution in [0.5, 0.6) is 5.75 Å². The number of rotatable bonds is 15. The summed E-state index contributed by atoms with van der Waals surface area (Å²) in [7, 11) is -3.85. The van der Waals surface area contributed by atoms with Crippen molar-refractivity contribution in [1.29, 1.82) is 0 Å². The number of aliphatic hydroxyl groups excluding tert-OH is 2. The summed E-state index contributed by atoms with van der Waals surface area (Å²) in [6.07, 6.45) is 4.88. The monoisotopic (exact) mass is 667 g/mol. The van der Waals surface area contributed by atoms with Crippen molar-refractivity contribution in [2.45, 2.75) is 50.7 Å². The molecular weight excluding hydrogens is 625 g/mol. The normalized spacial score (nSPS) is 14.0. The minimum atomic E-state index is -3.85. The minimum Gasteiger partial charge on any atom is -0.492 e. The van der Waals surface area contributed by atoms with Crippen LogP contribution in [0, 0.1) is 0 Å². The number of hydrogen-bond acceptors (Lipinski definition) is 8. The Labute approximate surface area is 272 Å². The molecule has 0 saturated heterocycles. The molecule has 0 bridgehead atoms. The molecule has 4 rings (SSSR count). The first-order valence-electron chi connectivity index (χ1n) is 14.6. The van der Waals surface area contributed by atoms with E-state index in [2.05, 4.69) is 15.4 Å². The van der Waals surface area contributed by atoms with Gasteiger partial charge in [-0.25, -0.2) is 13.1 Å². The molecule has 9 nitrogen and oxygen atoms in total. The smallest absolute Gasteiger partial charge is 0.266 e. The molecule has 0 heterocycles. The maximum Gasteiger partial charge on any atom is 0.266 e. The molecule has 242 valence electrons.